The molecule has 0 N–H and O–H groups in total. The Hall–Kier alpha value is -1.39. The molecule has 3 nitrogen and oxygen atoms in total. The molecule has 2 rings (SSSR count). The van der Waals surface area contributed by atoms with E-state index in [0.29, 0.717) is 6.32 Å². The number of aryl methyl sites for hydroxylation is 1. The summed E-state index contributed by atoms with van der Waals surface area (Å²) in [6.45, 7) is 14.0. The number of carbonyl (C=O) groups is 1. The molecular formula is C19H27BO3. The van der Waals surface area contributed by atoms with Crippen LogP contribution in [0.25, 0.3) is 0 Å². The van der Waals surface area contributed by atoms with Crippen molar-refractivity contribution in [3.8, 4) is 0 Å². The van der Waals surface area contributed by atoms with E-state index < -0.39 is 7.12 Å². The van der Waals surface area contributed by atoms with E-state index in [1.54, 1.807) is 0 Å². The Labute approximate surface area is 140 Å². The third-order valence-electron chi connectivity index (χ3n) is 4.83. The molecule has 124 valence electrons. The smallest absolute Gasteiger partial charge is 0.403 e. The maximum absolute atomic E-state index is 12.9. The van der Waals surface area contributed by atoms with Gasteiger partial charge in [0.15, 0.2) is 5.78 Å². The van der Waals surface area contributed by atoms with Crippen LogP contribution in [0.4, 0.5) is 0 Å². The first-order valence-corrected chi connectivity index (χ1v) is 8.17. The van der Waals surface area contributed by atoms with Crippen molar-refractivity contribution in [2.45, 2.75) is 66.0 Å². The molecule has 1 saturated heterocycles. The zero-order valence-corrected chi connectivity index (χ0v) is 15.3. The van der Waals surface area contributed by atoms with Gasteiger partial charge in [0.2, 0.25) is 0 Å². The summed E-state index contributed by atoms with van der Waals surface area (Å²) in [4.78, 5) is 12.9. The second-order valence-electron chi connectivity index (χ2n) is 7.57. The fraction of sp³-hybridized carbons (Fsp3) is 0.526. The summed E-state index contributed by atoms with van der Waals surface area (Å²) in [7, 11) is -0.390. The van der Waals surface area contributed by atoms with Gasteiger partial charge >= 0.3 is 7.12 Å². The molecule has 0 atom stereocenters. The van der Waals surface area contributed by atoms with Gasteiger partial charge in [-0.3, -0.25) is 4.79 Å². The molecule has 0 aromatic heterocycles. The summed E-state index contributed by atoms with van der Waals surface area (Å²) in [5.41, 5.74) is 2.82. The lowest BCUT2D eigenvalue weighted by Gasteiger charge is -2.32. The molecule has 0 spiro atoms. The van der Waals surface area contributed by atoms with Gasteiger partial charge in [-0.05, 0) is 60.1 Å². The average molecular weight is 314 g/mol. The van der Waals surface area contributed by atoms with Crippen molar-refractivity contribution in [1.29, 1.82) is 0 Å². The van der Waals surface area contributed by atoms with Crippen LogP contribution in [0.1, 0.15) is 57.5 Å². The quantitative estimate of drug-likeness (QED) is 0.462. The highest BCUT2D eigenvalue weighted by atomic mass is 16.7. The molecular weight excluding hydrogens is 287 g/mol. The molecule has 1 heterocycles. The molecule has 0 unspecified atom stereocenters. The van der Waals surface area contributed by atoms with Crippen molar-refractivity contribution in [3.63, 3.8) is 0 Å². The van der Waals surface area contributed by atoms with Gasteiger partial charge in [-0.15, -0.1) is 0 Å². The van der Waals surface area contributed by atoms with Crippen molar-refractivity contribution in [3.05, 3.63) is 46.5 Å². The van der Waals surface area contributed by atoms with Crippen LogP contribution < -0.4 is 0 Å². The number of ketones is 1. The summed E-state index contributed by atoms with van der Waals surface area (Å²) in [6.07, 6.45) is 0.474. The maximum Gasteiger partial charge on any atom is 0.462 e. The van der Waals surface area contributed by atoms with Crippen molar-refractivity contribution < 1.29 is 14.1 Å². The molecule has 0 saturated carbocycles. The van der Waals surface area contributed by atoms with Crippen LogP contribution in [-0.4, -0.2) is 24.1 Å². The number of benzene rings is 1. The van der Waals surface area contributed by atoms with Gasteiger partial charge in [0.25, 0.3) is 0 Å². The summed E-state index contributed by atoms with van der Waals surface area (Å²) < 4.78 is 12.1. The van der Waals surface area contributed by atoms with Crippen LogP contribution >= 0.6 is 0 Å². The largest absolute Gasteiger partial charge is 0.462 e. The minimum atomic E-state index is -0.390. The van der Waals surface area contributed by atoms with E-state index in [2.05, 4.69) is 0 Å². The highest BCUT2D eigenvalue weighted by Gasteiger charge is 2.51. The molecule has 23 heavy (non-hydrogen) atoms. The number of carbonyl (C=O) groups excluding carboxylic acids is 1. The summed E-state index contributed by atoms with van der Waals surface area (Å²) in [6, 6.07) is 7.70. The van der Waals surface area contributed by atoms with Crippen molar-refractivity contribution in [1.82, 2.24) is 0 Å². The van der Waals surface area contributed by atoms with E-state index in [4.69, 9.17) is 9.31 Å². The van der Waals surface area contributed by atoms with Crippen LogP contribution in [-0.2, 0) is 9.31 Å². The molecule has 1 aromatic carbocycles. The molecule has 0 radical (unpaired) electrons. The van der Waals surface area contributed by atoms with Crippen LogP contribution in [0.15, 0.2) is 35.4 Å². The first-order valence-electron chi connectivity index (χ1n) is 8.17. The number of hydrogen-bond donors (Lipinski definition) is 0. The predicted octanol–water partition coefficient (Wildman–Crippen LogP) is 4.61. The van der Waals surface area contributed by atoms with Gasteiger partial charge in [0, 0.05) is 11.9 Å². The first-order chi connectivity index (χ1) is 10.5. The zero-order chi connectivity index (χ0) is 17.4. The monoisotopic (exact) mass is 314 g/mol. The lowest BCUT2D eigenvalue weighted by Crippen LogP contribution is -2.41. The number of Topliss-reactive ketones (excluding diaryl/α,β-unsaturated/α-hetero) is 1. The molecule has 4 heteroatoms. The third-order valence-corrected chi connectivity index (χ3v) is 4.83. The van der Waals surface area contributed by atoms with E-state index in [0.717, 1.165) is 22.3 Å². The molecule has 0 aliphatic carbocycles. The number of hydrogen-bond acceptors (Lipinski definition) is 3. The van der Waals surface area contributed by atoms with Gasteiger partial charge in [-0.2, -0.15) is 0 Å². The fourth-order valence-electron chi connectivity index (χ4n) is 2.70. The number of allylic oxidation sites excluding steroid dienone is 2. The highest BCUT2D eigenvalue weighted by Crippen LogP contribution is 2.39. The Bertz CT molecular complexity index is 624. The topological polar surface area (TPSA) is 35.5 Å². The van der Waals surface area contributed by atoms with E-state index in [1.807, 2.05) is 72.7 Å². The number of rotatable bonds is 4. The van der Waals surface area contributed by atoms with Gasteiger partial charge in [0.1, 0.15) is 0 Å². The summed E-state index contributed by atoms with van der Waals surface area (Å²) in [5.74, 6) is 0.0587. The van der Waals surface area contributed by atoms with Gasteiger partial charge in [0.05, 0.1) is 11.2 Å². The standard InChI is InChI=1S/C19H27BO3/c1-13(2)16(17(21)15-10-8-9-14(3)11-15)12-20-22-18(4,5)19(6,7)23-20/h8-11H,12H2,1-7H3. The van der Waals surface area contributed by atoms with Gasteiger partial charge in [-0.25, -0.2) is 0 Å². The third kappa shape index (κ3) is 3.76. The average Bonchev–Trinajstić information content (AvgIpc) is 2.63. The highest BCUT2D eigenvalue weighted by molar-refractivity contribution is 6.47. The minimum Gasteiger partial charge on any atom is -0.403 e. The summed E-state index contributed by atoms with van der Waals surface area (Å²) in [5, 5.41) is 0. The lowest BCUT2D eigenvalue weighted by molar-refractivity contribution is 0.00578. The van der Waals surface area contributed by atoms with Crippen LogP contribution in [0.2, 0.25) is 6.32 Å². The Morgan fingerprint density at radius 1 is 1.09 bits per heavy atom. The van der Waals surface area contributed by atoms with Crippen molar-refractivity contribution in [2.75, 3.05) is 0 Å². The van der Waals surface area contributed by atoms with E-state index in [1.165, 1.54) is 0 Å². The van der Waals surface area contributed by atoms with E-state index in [-0.39, 0.29) is 17.0 Å². The van der Waals surface area contributed by atoms with Gasteiger partial charge in [-0.1, -0.05) is 29.3 Å². The first kappa shape index (κ1) is 18.0. The second-order valence-corrected chi connectivity index (χ2v) is 7.57. The van der Waals surface area contributed by atoms with Crippen molar-refractivity contribution in [2.24, 2.45) is 0 Å². The van der Waals surface area contributed by atoms with Crippen LogP contribution in [0.3, 0.4) is 0 Å². The fourth-order valence-corrected chi connectivity index (χ4v) is 2.70. The molecule has 1 aliphatic heterocycles. The zero-order valence-electron chi connectivity index (χ0n) is 15.3. The molecule has 0 amide bonds. The van der Waals surface area contributed by atoms with Crippen LogP contribution in [0.5, 0.6) is 0 Å². The Kier molecular flexibility index (Phi) is 4.88. The minimum absolute atomic E-state index is 0.0587. The Morgan fingerprint density at radius 2 is 1.65 bits per heavy atom. The Balaban J connectivity index is 2.22. The molecule has 1 aliphatic rings. The normalized spacial score (nSPS) is 18.8. The molecule has 1 fully saturated rings. The van der Waals surface area contributed by atoms with Gasteiger partial charge < -0.3 is 9.31 Å². The molecule has 0 bridgehead atoms. The molecule has 1 aromatic rings. The second kappa shape index (κ2) is 6.25. The van der Waals surface area contributed by atoms with Crippen LogP contribution in [0, 0.1) is 6.92 Å². The van der Waals surface area contributed by atoms with E-state index in [9.17, 15) is 4.79 Å². The van der Waals surface area contributed by atoms with Crippen molar-refractivity contribution >= 4 is 12.9 Å². The van der Waals surface area contributed by atoms with E-state index >= 15 is 0 Å². The Morgan fingerprint density at radius 3 is 2.13 bits per heavy atom. The summed E-state index contributed by atoms with van der Waals surface area (Å²) >= 11 is 0. The predicted molar refractivity (Wildman–Crippen MR) is 94.8 cm³/mol. The SMILES string of the molecule is CC(C)=C(CB1OC(C)(C)C(C)(C)O1)C(=O)c1cccc(C)c1. The lowest BCUT2D eigenvalue weighted by atomic mass is 9.76. The maximum atomic E-state index is 12.9.